The third kappa shape index (κ3) is 7.83. The topological polar surface area (TPSA) is 39.4 Å². The molecule has 162 valence electrons. The molecule has 0 atom stereocenters. The van der Waals surface area contributed by atoms with E-state index in [2.05, 4.69) is 6.92 Å². The van der Waals surface area contributed by atoms with Gasteiger partial charge in [-0.1, -0.05) is 84.1 Å². The minimum Gasteiger partial charge on any atom is -0.490 e. The van der Waals surface area contributed by atoms with Gasteiger partial charge in [0.1, 0.15) is 11.1 Å². The molecule has 0 saturated heterocycles. The molecule has 2 rings (SSSR count). The number of rotatable bonds is 15. The molecule has 0 N–H and O–H groups in total. The van der Waals surface area contributed by atoms with Gasteiger partial charge in [0.2, 0.25) is 0 Å². The third-order valence-electron chi connectivity index (χ3n) is 5.42. The molecule has 1 heterocycles. The summed E-state index contributed by atoms with van der Waals surface area (Å²) in [6, 6.07) is 5.15. The number of hydrogen-bond donors (Lipinski definition) is 0. The zero-order valence-corrected chi connectivity index (χ0v) is 18.2. The number of fused-ring (bicyclic) bond motifs is 1. The second-order valence-electron chi connectivity index (χ2n) is 7.98. The molecule has 4 heteroatoms. The van der Waals surface area contributed by atoms with E-state index in [-0.39, 0.29) is 11.1 Å². The molecule has 0 amide bonds. The Kier molecular flexibility index (Phi) is 10.8. The minimum absolute atomic E-state index is 0.00850. The van der Waals surface area contributed by atoms with E-state index in [1.54, 1.807) is 18.2 Å². The van der Waals surface area contributed by atoms with E-state index in [9.17, 15) is 9.18 Å². The summed E-state index contributed by atoms with van der Waals surface area (Å²) in [4.78, 5) is 12.3. The van der Waals surface area contributed by atoms with Crippen LogP contribution in [0.15, 0.2) is 27.4 Å². The van der Waals surface area contributed by atoms with Crippen LogP contribution in [0.1, 0.15) is 96.7 Å². The Morgan fingerprint density at radius 1 is 0.862 bits per heavy atom. The smallest absolute Gasteiger partial charge is 0.346 e. The fourth-order valence-corrected chi connectivity index (χ4v) is 3.62. The van der Waals surface area contributed by atoms with Crippen molar-refractivity contribution in [1.82, 2.24) is 0 Å². The van der Waals surface area contributed by atoms with Crippen molar-refractivity contribution in [1.29, 1.82) is 0 Å². The van der Waals surface area contributed by atoms with Crippen molar-refractivity contribution in [3.63, 3.8) is 0 Å². The van der Waals surface area contributed by atoms with E-state index in [1.807, 2.05) is 6.92 Å². The minimum atomic E-state index is -0.613. The largest absolute Gasteiger partial charge is 0.490 e. The molecule has 3 nitrogen and oxygen atoms in total. The molecule has 0 aliphatic rings. The van der Waals surface area contributed by atoms with Gasteiger partial charge in [0, 0.05) is 6.42 Å². The normalized spacial score (nSPS) is 11.3. The van der Waals surface area contributed by atoms with Crippen LogP contribution in [0, 0.1) is 5.82 Å². The highest BCUT2D eigenvalue weighted by Gasteiger charge is 2.14. The fourth-order valence-electron chi connectivity index (χ4n) is 3.62. The summed E-state index contributed by atoms with van der Waals surface area (Å²) in [6.07, 6.45) is 15.2. The van der Waals surface area contributed by atoms with Crippen LogP contribution >= 0.6 is 0 Å². The van der Waals surface area contributed by atoms with Crippen LogP contribution in [0.3, 0.4) is 0 Å². The van der Waals surface area contributed by atoms with E-state index in [0.717, 1.165) is 32.1 Å². The Hall–Kier alpha value is -1.84. The summed E-state index contributed by atoms with van der Waals surface area (Å²) >= 11 is 0. The van der Waals surface area contributed by atoms with Crippen molar-refractivity contribution in [2.24, 2.45) is 0 Å². The third-order valence-corrected chi connectivity index (χ3v) is 5.42. The van der Waals surface area contributed by atoms with Gasteiger partial charge in [0.15, 0.2) is 11.6 Å². The number of aryl methyl sites for hydroxylation is 1. The van der Waals surface area contributed by atoms with E-state index < -0.39 is 11.4 Å². The lowest BCUT2D eigenvalue weighted by Gasteiger charge is -2.09. The van der Waals surface area contributed by atoms with Gasteiger partial charge >= 0.3 is 5.63 Å². The molecular formula is C25H37FO3. The molecule has 0 aliphatic heterocycles. The molecule has 0 bridgehead atoms. The summed E-state index contributed by atoms with van der Waals surface area (Å²) < 4.78 is 25.5. The van der Waals surface area contributed by atoms with Crippen LogP contribution in [0.25, 0.3) is 10.8 Å². The molecule has 0 fully saturated rings. The average molecular weight is 405 g/mol. The van der Waals surface area contributed by atoms with Crippen LogP contribution in [-0.4, -0.2) is 6.61 Å². The van der Waals surface area contributed by atoms with Crippen LogP contribution < -0.4 is 10.4 Å². The van der Waals surface area contributed by atoms with Crippen LogP contribution in [0.2, 0.25) is 0 Å². The second kappa shape index (κ2) is 13.4. The fraction of sp³-hybridized carbons (Fsp3) is 0.640. The SMILES string of the molecule is CCCCCCCCCCCCc1cc2ccc(OCCCC)c(F)c2c(=O)o1. The summed E-state index contributed by atoms with van der Waals surface area (Å²) in [6.45, 7) is 4.74. The number of hydrogen-bond acceptors (Lipinski definition) is 3. The highest BCUT2D eigenvalue weighted by Crippen LogP contribution is 2.25. The Morgan fingerprint density at radius 2 is 1.48 bits per heavy atom. The second-order valence-corrected chi connectivity index (χ2v) is 7.98. The van der Waals surface area contributed by atoms with Crippen LogP contribution in [-0.2, 0) is 6.42 Å². The Morgan fingerprint density at radius 3 is 2.14 bits per heavy atom. The van der Waals surface area contributed by atoms with Crippen molar-refractivity contribution >= 4 is 10.8 Å². The highest BCUT2D eigenvalue weighted by molar-refractivity contribution is 5.83. The zero-order chi connectivity index (χ0) is 20.9. The monoisotopic (exact) mass is 404 g/mol. The molecule has 1 aromatic carbocycles. The first-order chi connectivity index (χ1) is 14.2. The maximum absolute atomic E-state index is 14.6. The Bertz CT molecular complexity index is 781. The van der Waals surface area contributed by atoms with Crippen LogP contribution in [0.4, 0.5) is 4.39 Å². The first-order valence-electron chi connectivity index (χ1n) is 11.5. The maximum atomic E-state index is 14.6. The number of benzene rings is 1. The van der Waals surface area contributed by atoms with Crippen molar-refractivity contribution in [3.8, 4) is 5.75 Å². The van der Waals surface area contributed by atoms with E-state index in [4.69, 9.17) is 9.15 Å². The Balaban J connectivity index is 1.80. The lowest BCUT2D eigenvalue weighted by molar-refractivity contribution is 0.295. The molecule has 0 aliphatic carbocycles. The van der Waals surface area contributed by atoms with Gasteiger partial charge < -0.3 is 9.15 Å². The molecule has 1 aromatic heterocycles. The van der Waals surface area contributed by atoms with E-state index in [1.165, 1.54) is 51.4 Å². The van der Waals surface area contributed by atoms with Crippen LogP contribution in [0.5, 0.6) is 5.75 Å². The standard InChI is InChI=1S/C25H37FO3/c1-3-5-7-8-9-10-11-12-13-14-15-21-19-20-16-17-22(28-18-6-4-2)24(26)23(20)25(27)29-21/h16-17,19H,3-15,18H2,1-2H3. The van der Waals surface area contributed by atoms with E-state index in [0.29, 0.717) is 17.8 Å². The van der Waals surface area contributed by atoms with Gasteiger partial charge in [0.05, 0.1) is 6.61 Å². The molecule has 0 spiro atoms. The van der Waals surface area contributed by atoms with Crippen molar-refractivity contribution in [3.05, 3.63) is 40.2 Å². The molecule has 0 unspecified atom stereocenters. The summed E-state index contributed by atoms with van der Waals surface area (Å²) in [5.41, 5.74) is -0.608. The predicted molar refractivity (Wildman–Crippen MR) is 118 cm³/mol. The Labute approximate surface area is 174 Å². The zero-order valence-electron chi connectivity index (χ0n) is 18.2. The first kappa shape index (κ1) is 23.4. The number of unbranched alkanes of at least 4 members (excludes halogenated alkanes) is 10. The molecular weight excluding hydrogens is 367 g/mol. The quantitative estimate of drug-likeness (QED) is 0.287. The highest BCUT2D eigenvalue weighted by atomic mass is 19.1. The van der Waals surface area contributed by atoms with Gasteiger partial charge in [-0.25, -0.2) is 9.18 Å². The molecule has 0 radical (unpaired) electrons. The summed E-state index contributed by atoms with van der Waals surface area (Å²) in [7, 11) is 0. The van der Waals surface area contributed by atoms with Gasteiger partial charge in [-0.2, -0.15) is 0 Å². The first-order valence-corrected chi connectivity index (χ1v) is 11.5. The summed E-state index contributed by atoms with van der Waals surface area (Å²) in [5.74, 6) is 0.152. The van der Waals surface area contributed by atoms with Gasteiger partial charge in [-0.05, 0) is 30.4 Å². The average Bonchev–Trinajstić information content (AvgIpc) is 2.71. The van der Waals surface area contributed by atoms with Gasteiger partial charge in [-0.15, -0.1) is 0 Å². The molecule has 2 aromatic rings. The van der Waals surface area contributed by atoms with Gasteiger partial charge in [-0.3, -0.25) is 0 Å². The number of ether oxygens (including phenoxy) is 1. The molecule has 0 saturated carbocycles. The lowest BCUT2D eigenvalue weighted by Crippen LogP contribution is -2.07. The van der Waals surface area contributed by atoms with Crippen molar-refractivity contribution < 1.29 is 13.5 Å². The van der Waals surface area contributed by atoms with E-state index >= 15 is 0 Å². The van der Waals surface area contributed by atoms with Gasteiger partial charge in [0.25, 0.3) is 0 Å². The lowest BCUT2D eigenvalue weighted by atomic mass is 10.0. The number of halogens is 1. The molecule has 29 heavy (non-hydrogen) atoms. The predicted octanol–water partition coefficient (Wildman–Crippen LogP) is 7.57. The van der Waals surface area contributed by atoms with Crippen molar-refractivity contribution in [2.45, 2.75) is 97.3 Å². The van der Waals surface area contributed by atoms with Crippen molar-refractivity contribution in [2.75, 3.05) is 6.61 Å². The summed E-state index contributed by atoms with van der Waals surface area (Å²) in [5, 5.41) is 0.578. The maximum Gasteiger partial charge on any atom is 0.346 e.